The van der Waals surface area contributed by atoms with Crippen LogP contribution in [0.15, 0.2) is 59.3 Å². The Morgan fingerprint density at radius 2 is 1.33 bits per heavy atom. The summed E-state index contributed by atoms with van der Waals surface area (Å²) in [6, 6.07) is 19.7. The number of hydrogen-bond acceptors (Lipinski definition) is 5. The zero-order valence-corrected chi connectivity index (χ0v) is 25.9. The van der Waals surface area contributed by atoms with Crippen LogP contribution in [0, 0.1) is 39.9 Å². The average Bonchev–Trinajstić information content (AvgIpc) is 2.99. The number of ether oxygens (including phenoxy) is 2. The molecule has 0 radical (unpaired) electrons. The van der Waals surface area contributed by atoms with Gasteiger partial charge >= 0.3 is 0 Å². The third-order valence-electron chi connectivity index (χ3n) is 9.14. The molecule has 5 nitrogen and oxygen atoms in total. The zero-order chi connectivity index (χ0) is 29.6. The Bertz CT molecular complexity index is 1160. The van der Waals surface area contributed by atoms with Crippen LogP contribution in [0.2, 0.25) is 0 Å². The molecule has 2 aromatic carbocycles. The summed E-state index contributed by atoms with van der Waals surface area (Å²) in [5.41, 5.74) is 5.59. The van der Waals surface area contributed by atoms with Gasteiger partial charge in [0, 0.05) is 6.42 Å². The van der Waals surface area contributed by atoms with Gasteiger partial charge in [-0.1, -0.05) is 68.1 Å². The van der Waals surface area contributed by atoms with Crippen LogP contribution in [0.4, 0.5) is 0 Å². The van der Waals surface area contributed by atoms with Crippen molar-refractivity contribution in [2.45, 2.75) is 97.3 Å². The molecule has 0 N–H and O–H groups in total. The monoisotopic (exact) mass is 570 g/mol. The summed E-state index contributed by atoms with van der Waals surface area (Å²) < 4.78 is 12.1. The quantitative estimate of drug-likeness (QED) is 0.140. The lowest BCUT2D eigenvalue weighted by molar-refractivity contribution is 0.163. The highest BCUT2D eigenvalue weighted by atomic mass is 16.5. The van der Waals surface area contributed by atoms with Gasteiger partial charge in [0.2, 0.25) is 0 Å². The van der Waals surface area contributed by atoms with Gasteiger partial charge in [-0.2, -0.15) is 10.2 Å². The molecule has 0 amide bonds. The van der Waals surface area contributed by atoms with Gasteiger partial charge in [-0.05, 0) is 122 Å². The van der Waals surface area contributed by atoms with E-state index in [0.29, 0.717) is 31.4 Å². The molecule has 5 heteroatoms. The molecular weight excluding hydrogens is 520 g/mol. The average molecular weight is 571 g/mol. The second-order valence-electron chi connectivity index (χ2n) is 12.7. The molecule has 4 rings (SSSR count). The Morgan fingerprint density at radius 1 is 0.762 bits per heavy atom. The topological polar surface area (TPSA) is 71.7 Å². The summed E-state index contributed by atoms with van der Waals surface area (Å²) in [6.45, 7) is 6.71. The van der Waals surface area contributed by atoms with E-state index in [1.807, 2.05) is 0 Å². The third kappa shape index (κ3) is 9.45. The van der Waals surface area contributed by atoms with Crippen LogP contribution < -0.4 is 9.47 Å². The van der Waals surface area contributed by atoms with Crippen LogP contribution in [0.3, 0.4) is 0 Å². The maximum atomic E-state index is 10.2. The first-order valence-electron chi connectivity index (χ1n) is 16.5. The number of nitriles is 1. The maximum absolute atomic E-state index is 10.2. The third-order valence-corrected chi connectivity index (χ3v) is 9.14. The molecule has 2 aliphatic carbocycles. The lowest BCUT2D eigenvalue weighted by atomic mass is 9.61. The number of allylic oxidation sites excluding steroid dienone is 1. The molecule has 2 aromatic rings. The first-order valence-corrected chi connectivity index (χ1v) is 16.5. The molecule has 2 bridgehead atoms. The fourth-order valence-electron chi connectivity index (χ4n) is 7.28. The van der Waals surface area contributed by atoms with Crippen LogP contribution in [-0.2, 0) is 0 Å². The van der Waals surface area contributed by atoms with Crippen LogP contribution >= 0.6 is 0 Å². The summed E-state index contributed by atoms with van der Waals surface area (Å²) in [6.07, 6.45) is 14.1. The zero-order valence-electron chi connectivity index (χ0n) is 25.9. The van der Waals surface area contributed by atoms with Gasteiger partial charge in [-0.3, -0.25) is 0 Å². The van der Waals surface area contributed by atoms with E-state index >= 15 is 0 Å². The van der Waals surface area contributed by atoms with Crippen molar-refractivity contribution in [3.63, 3.8) is 0 Å². The van der Waals surface area contributed by atoms with Crippen molar-refractivity contribution in [3.8, 4) is 17.6 Å². The molecule has 42 heavy (non-hydrogen) atoms. The van der Waals surface area contributed by atoms with Crippen molar-refractivity contribution < 1.29 is 9.47 Å². The van der Waals surface area contributed by atoms with E-state index in [0.717, 1.165) is 81.3 Å². The number of benzene rings is 2. The van der Waals surface area contributed by atoms with Crippen LogP contribution in [0.1, 0.15) is 108 Å². The Balaban J connectivity index is 1.47. The number of hydrogen-bond donors (Lipinski definition) is 0. The van der Waals surface area contributed by atoms with E-state index < -0.39 is 0 Å². The molecular formula is C37H50N2O3. The number of nitroso groups, excluding NO2 is 1. The van der Waals surface area contributed by atoms with Crippen molar-refractivity contribution in [2.75, 3.05) is 19.8 Å². The minimum absolute atomic E-state index is 0.417. The Kier molecular flexibility index (Phi) is 12.9. The maximum Gasteiger partial charge on any atom is 0.119 e. The van der Waals surface area contributed by atoms with E-state index in [1.165, 1.54) is 42.4 Å². The Morgan fingerprint density at radius 3 is 1.90 bits per heavy atom. The molecule has 0 heterocycles. The van der Waals surface area contributed by atoms with Crippen molar-refractivity contribution in [1.29, 1.82) is 5.26 Å². The number of nitrogens with zero attached hydrogens (tertiary/aromatic N) is 2. The molecule has 2 aliphatic rings. The molecule has 4 atom stereocenters. The van der Waals surface area contributed by atoms with E-state index in [-0.39, 0.29) is 0 Å². The molecule has 0 aliphatic heterocycles. The predicted octanol–water partition coefficient (Wildman–Crippen LogP) is 10.1. The first-order chi connectivity index (χ1) is 20.6. The van der Waals surface area contributed by atoms with Gasteiger partial charge in [-0.25, -0.2) is 0 Å². The largest absolute Gasteiger partial charge is 0.494 e. The Hall–Kier alpha value is -3.13. The summed E-state index contributed by atoms with van der Waals surface area (Å²) in [7, 11) is 0. The van der Waals surface area contributed by atoms with Crippen molar-refractivity contribution in [2.24, 2.45) is 28.8 Å². The molecule has 0 aromatic heterocycles. The highest BCUT2D eigenvalue weighted by molar-refractivity contribution is 5.83. The lowest BCUT2D eigenvalue weighted by Gasteiger charge is -2.44. The standard InChI is InChI=1S/C37H50N2O3/c1-28-24-30-26-29(2)36(33(25-28)27-30)37(31-12-16-34(17-13-31)41-22-10-6-3-4-8-20-38)32-14-18-35(19-15-32)42-23-11-7-5-9-21-39-40/h12-19,28-30,33H,3-11,21-27H2,1-2H3/b37-36+. The fraction of sp³-hybridized carbons (Fsp3) is 0.595. The van der Waals surface area contributed by atoms with Gasteiger partial charge in [0.15, 0.2) is 0 Å². The van der Waals surface area contributed by atoms with Crippen molar-refractivity contribution >= 4 is 5.57 Å². The summed E-state index contributed by atoms with van der Waals surface area (Å²) in [5.74, 6) is 4.73. The van der Waals surface area contributed by atoms with E-state index in [4.69, 9.17) is 14.7 Å². The predicted molar refractivity (Wildman–Crippen MR) is 171 cm³/mol. The second-order valence-corrected chi connectivity index (χ2v) is 12.7. The summed E-state index contributed by atoms with van der Waals surface area (Å²) in [5, 5.41) is 11.6. The smallest absolute Gasteiger partial charge is 0.119 e. The van der Waals surface area contributed by atoms with Gasteiger partial charge in [0.05, 0.1) is 25.8 Å². The van der Waals surface area contributed by atoms with E-state index in [1.54, 1.807) is 5.57 Å². The fourth-order valence-corrected chi connectivity index (χ4v) is 7.28. The van der Waals surface area contributed by atoms with Gasteiger partial charge in [0.1, 0.15) is 11.5 Å². The second kappa shape index (κ2) is 17.1. The lowest BCUT2D eigenvalue weighted by Crippen LogP contribution is -2.32. The number of fused-ring (bicyclic) bond motifs is 2. The number of unbranched alkanes of at least 4 members (excludes halogenated alkanes) is 7. The van der Waals surface area contributed by atoms with Crippen molar-refractivity contribution in [3.05, 3.63) is 70.1 Å². The van der Waals surface area contributed by atoms with Crippen LogP contribution in [-0.4, -0.2) is 19.8 Å². The summed E-state index contributed by atoms with van der Waals surface area (Å²) in [4.78, 5) is 10.2. The molecule has 2 saturated carbocycles. The van der Waals surface area contributed by atoms with Gasteiger partial charge in [-0.15, -0.1) is 0 Å². The van der Waals surface area contributed by atoms with Crippen molar-refractivity contribution in [1.82, 2.24) is 0 Å². The molecule has 4 unspecified atom stereocenters. The van der Waals surface area contributed by atoms with Gasteiger partial charge < -0.3 is 9.47 Å². The summed E-state index contributed by atoms with van der Waals surface area (Å²) >= 11 is 0. The first kappa shape index (κ1) is 31.8. The minimum atomic E-state index is 0.417. The SMILES string of the molecule is CC1CC2CC(C)/C(=C(/c3ccc(OCCCCCCC#N)cc3)c3ccc(OCCCCCCN=O)cc3)C(C1)C2. The molecule has 0 saturated heterocycles. The highest BCUT2D eigenvalue weighted by Gasteiger charge is 2.38. The minimum Gasteiger partial charge on any atom is -0.494 e. The van der Waals surface area contributed by atoms with Gasteiger partial charge in [0.25, 0.3) is 0 Å². The molecule has 226 valence electrons. The molecule has 2 fully saturated rings. The molecule has 0 spiro atoms. The normalized spacial score (nSPS) is 22.7. The Labute approximate surface area is 253 Å². The van der Waals surface area contributed by atoms with E-state index in [2.05, 4.69) is 73.6 Å². The van der Waals surface area contributed by atoms with Crippen LogP contribution in [0.5, 0.6) is 11.5 Å². The highest BCUT2D eigenvalue weighted by Crippen LogP contribution is 2.51. The van der Waals surface area contributed by atoms with E-state index in [9.17, 15) is 4.91 Å². The van der Waals surface area contributed by atoms with Crippen LogP contribution in [0.25, 0.3) is 5.57 Å². The number of rotatable bonds is 17.